The third kappa shape index (κ3) is 4.21. The Morgan fingerprint density at radius 1 is 1.15 bits per heavy atom. The highest BCUT2D eigenvalue weighted by molar-refractivity contribution is 5.79. The smallest absolute Gasteiger partial charge is 0.225 e. The molecule has 2 heterocycles. The highest BCUT2D eigenvalue weighted by Gasteiger charge is 2.27. The molecule has 26 heavy (non-hydrogen) atoms. The maximum absolute atomic E-state index is 12.3. The van der Waals surface area contributed by atoms with Crippen LogP contribution < -0.4 is 10.2 Å². The van der Waals surface area contributed by atoms with Crippen molar-refractivity contribution in [2.24, 2.45) is 5.92 Å². The average molecular weight is 352 g/mol. The molecule has 0 aliphatic carbocycles. The molecule has 1 fully saturated rings. The Labute approximate surface area is 155 Å². The second kappa shape index (κ2) is 7.85. The average Bonchev–Trinajstić information content (AvgIpc) is 2.64. The van der Waals surface area contributed by atoms with E-state index < -0.39 is 0 Å². The predicted molar refractivity (Wildman–Crippen MR) is 105 cm³/mol. The zero-order valence-corrected chi connectivity index (χ0v) is 16.1. The molecule has 1 aliphatic heterocycles. The van der Waals surface area contributed by atoms with Crippen molar-refractivity contribution in [3.63, 3.8) is 0 Å². The van der Waals surface area contributed by atoms with Crippen LogP contribution in [0.25, 0.3) is 11.3 Å². The SMILES string of the molecule is Cc1ccc(-c2ccc(N3CCCC(C(=O)NC(C)C)C3)nn2)cc1C. The summed E-state index contributed by atoms with van der Waals surface area (Å²) in [5.41, 5.74) is 4.49. The summed E-state index contributed by atoms with van der Waals surface area (Å²) in [6.07, 6.45) is 1.93. The molecule has 0 bridgehead atoms. The number of hydrogen-bond donors (Lipinski definition) is 1. The number of carbonyl (C=O) groups is 1. The number of rotatable bonds is 4. The molecule has 0 spiro atoms. The fourth-order valence-corrected chi connectivity index (χ4v) is 3.35. The summed E-state index contributed by atoms with van der Waals surface area (Å²) in [7, 11) is 0. The Bertz CT molecular complexity index is 770. The lowest BCUT2D eigenvalue weighted by atomic mass is 9.97. The minimum atomic E-state index is 0.0207. The van der Waals surface area contributed by atoms with Crippen LogP contribution in [0.1, 0.15) is 37.8 Å². The first-order valence-electron chi connectivity index (χ1n) is 9.40. The van der Waals surface area contributed by atoms with Crippen LogP contribution in [0.15, 0.2) is 30.3 Å². The molecule has 0 saturated carbocycles. The fourth-order valence-electron chi connectivity index (χ4n) is 3.35. The van der Waals surface area contributed by atoms with E-state index in [9.17, 15) is 4.79 Å². The van der Waals surface area contributed by atoms with Gasteiger partial charge in [0, 0.05) is 24.7 Å². The van der Waals surface area contributed by atoms with Crippen molar-refractivity contribution in [2.75, 3.05) is 18.0 Å². The van der Waals surface area contributed by atoms with Crippen LogP contribution in [0.2, 0.25) is 0 Å². The number of benzene rings is 1. The van der Waals surface area contributed by atoms with Crippen LogP contribution in [0.4, 0.5) is 5.82 Å². The van der Waals surface area contributed by atoms with E-state index in [1.54, 1.807) is 0 Å². The van der Waals surface area contributed by atoms with Gasteiger partial charge in [-0.1, -0.05) is 12.1 Å². The molecule has 5 nitrogen and oxygen atoms in total. The third-order valence-corrected chi connectivity index (χ3v) is 5.00. The zero-order chi connectivity index (χ0) is 18.7. The topological polar surface area (TPSA) is 58.1 Å². The molecule has 5 heteroatoms. The number of nitrogens with one attached hydrogen (secondary N) is 1. The molecule has 1 amide bonds. The summed E-state index contributed by atoms with van der Waals surface area (Å²) in [4.78, 5) is 14.5. The lowest BCUT2D eigenvalue weighted by Gasteiger charge is -2.33. The van der Waals surface area contributed by atoms with E-state index in [0.717, 1.165) is 36.5 Å². The van der Waals surface area contributed by atoms with Crippen molar-refractivity contribution in [1.82, 2.24) is 15.5 Å². The molecular formula is C21H28N4O. The molecule has 1 unspecified atom stereocenters. The lowest BCUT2D eigenvalue weighted by Crippen LogP contribution is -2.45. The third-order valence-electron chi connectivity index (χ3n) is 5.00. The molecule has 1 aliphatic rings. The van der Waals surface area contributed by atoms with E-state index in [4.69, 9.17) is 0 Å². The summed E-state index contributed by atoms with van der Waals surface area (Å²) in [5.74, 6) is 1.01. The Hall–Kier alpha value is -2.43. The summed E-state index contributed by atoms with van der Waals surface area (Å²) < 4.78 is 0. The van der Waals surface area contributed by atoms with Crippen LogP contribution in [0.3, 0.4) is 0 Å². The Morgan fingerprint density at radius 3 is 2.62 bits per heavy atom. The Morgan fingerprint density at radius 2 is 1.96 bits per heavy atom. The number of aryl methyl sites for hydroxylation is 2. The molecular weight excluding hydrogens is 324 g/mol. The monoisotopic (exact) mass is 352 g/mol. The van der Waals surface area contributed by atoms with E-state index in [2.05, 4.69) is 52.5 Å². The van der Waals surface area contributed by atoms with Gasteiger partial charge in [0.05, 0.1) is 11.6 Å². The number of piperidine rings is 1. The molecule has 1 saturated heterocycles. The molecule has 0 radical (unpaired) electrons. The van der Waals surface area contributed by atoms with Crippen molar-refractivity contribution in [3.8, 4) is 11.3 Å². The van der Waals surface area contributed by atoms with Crippen LogP contribution in [-0.4, -0.2) is 35.2 Å². The first kappa shape index (κ1) is 18.4. The maximum Gasteiger partial charge on any atom is 0.225 e. The number of hydrogen-bond acceptors (Lipinski definition) is 4. The highest BCUT2D eigenvalue weighted by Crippen LogP contribution is 2.24. The van der Waals surface area contributed by atoms with E-state index >= 15 is 0 Å². The summed E-state index contributed by atoms with van der Waals surface area (Å²) in [5, 5.41) is 11.9. The zero-order valence-electron chi connectivity index (χ0n) is 16.1. The predicted octanol–water partition coefficient (Wildman–Crippen LogP) is 3.50. The largest absolute Gasteiger partial charge is 0.354 e. The van der Waals surface area contributed by atoms with Gasteiger partial charge in [0.1, 0.15) is 0 Å². The molecule has 1 N–H and O–H groups in total. The molecule has 138 valence electrons. The Balaban J connectivity index is 1.71. The van der Waals surface area contributed by atoms with Gasteiger partial charge < -0.3 is 10.2 Å². The number of aromatic nitrogens is 2. The highest BCUT2D eigenvalue weighted by atomic mass is 16.2. The minimum Gasteiger partial charge on any atom is -0.354 e. The van der Waals surface area contributed by atoms with Crippen LogP contribution in [0, 0.1) is 19.8 Å². The van der Waals surface area contributed by atoms with Gasteiger partial charge in [0.15, 0.2) is 5.82 Å². The van der Waals surface area contributed by atoms with E-state index in [1.807, 2.05) is 26.0 Å². The molecule has 1 atom stereocenters. The van der Waals surface area contributed by atoms with Gasteiger partial charge in [-0.3, -0.25) is 4.79 Å². The van der Waals surface area contributed by atoms with Gasteiger partial charge in [-0.2, -0.15) is 0 Å². The lowest BCUT2D eigenvalue weighted by molar-refractivity contribution is -0.125. The summed E-state index contributed by atoms with van der Waals surface area (Å²) in [6.45, 7) is 9.83. The minimum absolute atomic E-state index is 0.0207. The van der Waals surface area contributed by atoms with Crippen LogP contribution in [0.5, 0.6) is 0 Å². The van der Waals surface area contributed by atoms with Gasteiger partial charge in [0.2, 0.25) is 5.91 Å². The Kier molecular flexibility index (Phi) is 5.55. The van der Waals surface area contributed by atoms with Gasteiger partial charge >= 0.3 is 0 Å². The summed E-state index contributed by atoms with van der Waals surface area (Å²) in [6, 6.07) is 10.5. The number of amides is 1. The van der Waals surface area contributed by atoms with Crippen molar-refractivity contribution >= 4 is 11.7 Å². The molecule has 3 rings (SSSR count). The maximum atomic E-state index is 12.3. The van der Waals surface area contributed by atoms with E-state index in [0.29, 0.717) is 6.54 Å². The number of nitrogens with zero attached hydrogens (tertiary/aromatic N) is 3. The van der Waals surface area contributed by atoms with Gasteiger partial charge in [-0.05, 0) is 69.9 Å². The van der Waals surface area contributed by atoms with Gasteiger partial charge in [-0.15, -0.1) is 10.2 Å². The van der Waals surface area contributed by atoms with Gasteiger partial charge in [0.25, 0.3) is 0 Å². The first-order chi connectivity index (χ1) is 12.4. The molecule has 2 aromatic rings. The number of carbonyl (C=O) groups excluding carboxylic acids is 1. The normalized spacial score (nSPS) is 17.4. The first-order valence-corrected chi connectivity index (χ1v) is 9.40. The van der Waals surface area contributed by atoms with Crippen LogP contribution >= 0.6 is 0 Å². The molecule has 1 aromatic heterocycles. The van der Waals surface area contributed by atoms with Crippen molar-refractivity contribution in [1.29, 1.82) is 0 Å². The standard InChI is InChI=1S/C21H28N4O/c1-14(2)22-21(26)18-6-5-11-25(13-18)20-10-9-19(23-24-20)17-8-7-15(3)16(4)12-17/h7-10,12,14,18H,5-6,11,13H2,1-4H3,(H,22,26). The second-order valence-electron chi connectivity index (χ2n) is 7.52. The summed E-state index contributed by atoms with van der Waals surface area (Å²) >= 11 is 0. The van der Waals surface area contributed by atoms with Crippen LogP contribution in [-0.2, 0) is 4.79 Å². The van der Waals surface area contributed by atoms with Crippen molar-refractivity contribution in [2.45, 2.75) is 46.6 Å². The fraction of sp³-hybridized carbons (Fsp3) is 0.476. The van der Waals surface area contributed by atoms with E-state index in [-0.39, 0.29) is 17.9 Å². The molecule has 1 aromatic carbocycles. The van der Waals surface area contributed by atoms with Gasteiger partial charge in [-0.25, -0.2) is 0 Å². The second-order valence-corrected chi connectivity index (χ2v) is 7.52. The van der Waals surface area contributed by atoms with Crippen molar-refractivity contribution in [3.05, 3.63) is 41.5 Å². The number of anilines is 1. The quantitative estimate of drug-likeness (QED) is 0.915. The van der Waals surface area contributed by atoms with Crippen molar-refractivity contribution < 1.29 is 4.79 Å². The van der Waals surface area contributed by atoms with E-state index in [1.165, 1.54) is 11.1 Å².